The first-order chi connectivity index (χ1) is 8.67. The van der Waals surface area contributed by atoms with Gasteiger partial charge in [-0.15, -0.1) is 0 Å². The number of ether oxygens (including phenoxy) is 2. The summed E-state index contributed by atoms with van der Waals surface area (Å²) >= 11 is 0. The van der Waals surface area contributed by atoms with Gasteiger partial charge in [0.2, 0.25) is 0 Å². The Labute approximate surface area is 106 Å². The molecule has 0 aliphatic carbocycles. The molecule has 4 nitrogen and oxygen atoms in total. The zero-order chi connectivity index (χ0) is 13.1. The van der Waals surface area contributed by atoms with Gasteiger partial charge in [-0.1, -0.05) is 18.2 Å². The summed E-state index contributed by atoms with van der Waals surface area (Å²) in [6.45, 7) is 0. The maximum absolute atomic E-state index is 5.99. The first-order valence-electron chi connectivity index (χ1n) is 5.53. The molecule has 94 valence electrons. The molecule has 0 spiro atoms. The molecule has 0 atom stereocenters. The second-order valence-electron chi connectivity index (χ2n) is 3.89. The van der Waals surface area contributed by atoms with Crippen LogP contribution in [-0.4, -0.2) is 14.2 Å². The van der Waals surface area contributed by atoms with Crippen LogP contribution in [0.5, 0.6) is 11.5 Å². The third-order valence-corrected chi connectivity index (χ3v) is 2.77. The highest BCUT2D eigenvalue weighted by atomic mass is 16.5. The topological polar surface area (TPSA) is 70.5 Å². The molecule has 0 saturated carbocycles. The summed E-state index contributed by atoms with van der Waals surface area (Å²) in [4.78, 5) is 0. The standard InChI is InChI=1S/C14H16N2O2/c1-17-13-5-3-4-11(14(13)18-2)10-7-6-9(15)8-12(10)16/h3-8H,15-16H2,1-2H3. The lowest BCUT2D eigenvalue weighted by atomic mass is 10.0. The second kappa shape index (κ2) is 4.87. The van der Waals surface area contributed by atoms with Gasteiger partial charge in [0.25, 0.3) is 0 Å². The van der Waals surface area contributed by atoms with Crippen molar-refractivity contribution in [3.05, 3.63) is 36.4 Å². The van der Waals surface area contributed by atoms with Crippen molar-refractivity contribution in [1.29, 1.82) is 0 Å². The minimum Gasteiger partial charge on any atom is -0.493 e. The van der Waals surface area contributed by atoms with Crippen LogP contribution in [0.3, 0.4) is 0 Å². The molecule has 0 aliphatic rings. The van der Waals surface area contributed by atoms with E-state index in [2.05, 4.69) is 0 Å². The minimum absolute atomic E-state index is 0.613. The van der Waals surface area contributed by atoms with Gasteiger partial charge in [-0.2, -0.15) is 0 Å². The Hall–Kier alpha value is -2.36. The molecule has 2 rings (SSSR count). The normalized spacial score (nSPS) is 10.1. The number of para-hydroxylation sites is 1. The van der Waals surface area contributed by atoms with Crippen molar-refractivity contribution < 1.29 is 9.47 Å². The lowest BCUT2D eigenvalue weighted by molar-refractivity contribution is 0.356. The summed E-state index contributed by atoms with van der Waals surface area (Å²) in [6, 6.07) is 11.1. The molecule has 0 bridgehead atoms. The number of benzene rings is 2. The third-order valence-electron chi connectivity index (χ3n) is 2.77. The van der Waals surface area contributed by atoms with Crippen molar-refractivity contribution in [3.63, 3.8) is 0 Å². The van der Waals surface area contributed by atoms with E-state index in [0.717, 1.165) is 11.1 Å². The number of anilines is 2. The third kappa shape index (κ3) is 2.05. The summed E-state index contributed by atoms with van der Waals surface area (Å²) in [5, 5.41) is 0. The van der Waals surface area contributed by atoms with Crippen LogP contribution in [0.15, 0.2) is 36.4 Å². The van der Waals surface area contributed by atoms with Crippen molar-refractivity contribution in [2.75, 3.05) is 25.7 Å². The van der Waals surface area contributed by atoms with Gasteiger partial charge in [0.15, 0.2) is 11.5 Å². The number of hydrogen-bond acceptors (Lipinski definition) is 4. The number of methoxy groups -OCH3 is 2. The molecule has 0 fully saturated rings. The molecular weight excluding hydrogens is 228 g/mol. The van der Waals surface area contributed by atoms with Gasteiger partial charge in [0, 0.05) is 22.5 Å². The summed E-state index contributed by atoms with van der Waals surface area (Å²) in [7, 11) is 3.21. The number of hydrogen-bond donors (Lipinski definition) is 2. The number of rotatable bonds is 3. The van der Waals surface area contributed by atoms with Gasteiger partial charge in [-0.05, 0) is 18.2 Å². The molecule has 0 saturated heterocycles. The molecule has 2 aromatic carbocycles. The van der Waals surface area contributed by atoms with Crippen molar-refractivity contribution in [1.82, 2.24) is 0 Å². The molecule has 0 aliphatic heterocycles. The first-order valence-corrected chi connectivity index (χ1v) is 5.53. The molecular formula is C14H16N2O2. The molecule has 0 radical (unpaired) electrons. The van der Waals surface area contributed by atoms with Crippen LogP contribution in [0.4, 0.5) is 11.4 Å². The van der Waals surface area contributed by atoms with E-state index in [9.17, 15) is 0 Å². The lowest BCUT2D eigenvalue weighted by Crippen LogP contribution is -1.97. The van der Waals surface area contributed by atoms with Crippen molar-refractivity contribution in [2.24, 2.45) is 0 Å². The average Bonchev–Trinajstić information content (AvgIpc) is 2.37. The summed E-state index contributed by atoms with van der Waals surface area (Å²) in [5.41, 5.74) is 14.7. The highest BCUT2D eigenvalue weighted by Gasteiger charge is 2.13. The van der Waals surface area contributed by atoms with Crippen LogP contribution >= 0.6 is 0 Å². The minimum atomic E-state index is 0.613. The highest BCUT2D eigenvalue weighted by molar-refractivity contribution is 5.83. The van der Waals surface area contributed by atoms with E-state index in [1.54, 1.807) is 20.3 Å². The molecule has 2 aromatic rings. The van der Waals surface area contributed by atoms with E-state index < -0.39 is 0 Å². The van der Waals surface area contributed by atoms with Crippen LogP contribution in [-0.2, 0) is 0 Å². The van der Waals surface area contributed by atoms with Gasteiger partial charge in [0.05, 0.1) is 14.2 Å². The van der Waals surface area contributed by atoms with Crippen LogP contribution in [0.2, 0.25) is 0 Å². The molecule has 18 heavy (non-hydrogen) atoms. The number of nitrogens with two attached hydrogens (primary N) is 2. The Morgan fingerprint density at radius 1 is 0.889 bits per heavy atom. The average molecular weight is 244 g/mol. The van der Waals surface area contributed by atoms with Crippen molar-refractivity contribution in [2.45, 2.75) is 0 Å². The maximum Gasteiger partial charge on any atom is 0.168 e. The van der Waals surface area contributed by atoms with Gasteiger partial charge >= 0.3 is 0 Å². The molecule has 0 amide bonds. The Morgan fingerprint density at radius 2 is 1.67 bits per heavy atom. The largest absolute Gasteiger partial charge is 0.493 e. The van der Waals surface area contributed by atoms with Crippen LogP contribution in [0, 0.1) is 0 Å². The molecule has 0 heterocycles. The predicted molar refractivity (Wildman–Crippen MR) is 73.8 cm³/mol. The lowest BCUT2D eigenvalue weighted by Gasteiger charge is -2.14. The van der Waals surface area contributed by atoms with Crippen molar-refractivity contribution in [3.8, 4) is 22.6 Å². The van der Waals surface area contributed by atoms with Crippen LogP contribution < -0.4 is 20.9 Å². The van der Waals surface area contributed by atoms with Crippen LogP contribution in [0.1, 0.15) is 0 Å². The Morgan fingerprint density at radius 3 is 2.28 bits per heavy atom. The fraction of sp³-hybridized carbons (Fsp3) is 0.143. The van der Waals surface area contributed by atoms with E-state index in [1.165, 1.54) is 0 Å². The Bertz CT molecular complexity index is 568. The maximum atomic E-state index is 5.99. The molecule has 4 N–H and O–H groups in total. The highest BCUT2D eigenvalue weighted by Crippen LogP contribution is 2.40. The molecule has 0 unspecified atom stereocenters. The monoisotopic (exact) mass is 244 g/mol. The Balaban J connectivity index is 2.63. The SMILES string of the molecule is COc1cccc(-c2ccc(N)cc2N)c1OC. The van der Waals surface area contributed by atoms with E-state index in [4.69, 9.17) is 20.9 Å². The zero-order valence-corrected chi connectivity index (χ0v) is 10.4. The fourth-order valence-electron chi connectivity index (χ4n) is 1.93. The quantitative estimate of drug-likeness (QED) is 0.814. The predicted octanol–water partition coefficient (Wildman–Crippen LogP) is 2.54. The smallest absolute Gasteiger partial charge is 0.168 e. The van der Waals surface area contributed by atoms with E-state index in [0.29, 0.717) is 22.9 Å². The zero-order valence-electron chi connectivity index (χ0n) is 10.4. The van der Waals surface area contributed by atoms with Gasteiger partial charge in [-0.3, -0.25) is 0 Å². The van der Waals surface area contributed by atoms with E-state index in [-0.39, 0.29) is 0 Å². The van der Waals surface area contributed by atoms with Crippen molar-refractivity contribution >= 4 is 11.4 Å². The van der Waals surface area contributed by atoms with Gasteiger partial charge in [0.1, 0.15) is 0 Å². The Kier molecular flexibility index (Phi) is 3.28. The molecule has 4 heteroatoms. The van der Waals surface area contributed by atoms with Crippen LogP contribution in [0.25, 0.3) is 11.1 Å². The van der Waals surface area contributed by atoms with Gasteiger partial charge < -0.3 is 20.9 Å². The summed E-state index contributed by atoms with van der Waals surface area (Å²) < 4.78 is 10.7. The summed E-state index contributed by atoms with van der Waals surface area (Å²) in [5.74, 6) is 1.34. The van der Waals surface area contributed by atoms with Gasteiger partial charge in [-0.25, -0.2) is 0 Å². The van der Waals surface area contributed by atoms with E-state index in [1.807, 2.05) is 30.3 Å². The fourth-order valence-corrected chi connectivity index (χ4v) is 1.93. The first kappa shape index (κ1) is 12.1. The van der Waals surface area contributed by atoms with E-state index >= 15 is 0 Å². The summed E-state index contributed by atoms with van der Waals surface area (Å²) in [6.07, 6.45) is 0. The molecule has 0 aromatic heterocycles. The number of nitrogen functional groups attached to an aromatic ring is 2. The second-order valence-corrected chi connectivity index (χ2v) is 3.89.